The van der Waals surface area contributed by atoms with Crippen LogP contribution in [-0.4, -0.2) is 83.2 Å². The van der Waals surface area contributed by atoms with E-state index in [1.54, 1.807) is 18.2 Å². The van der Waals surface area contributed by atoms with Gasteiger partial charge in [0, 0.05) is 49.1 Å². The molecule has 2 aliphatic rings. The standard InChI is InChI=1S/C37H37F6N5O3/c1-24(49)45-48(34(37(41,42)43)25-8-3-2-4-9-25)35(50)32-29-12-5-6-13-31(29)44-33(26-10-7-11-27(22-26)36(38,39)40)30(32)23-46-16-14-28(15-17-46)47-18-20-51-21-19-47/h2-13,22,28,34H,14-21,23H2,1H3,(H,45,49)/t34-/m1/s1. The number of ether oxygens (including phenoxy) is 1. The maximum Gasteiger partial charge on any atom is 0.416 e. The van der Waals surface area contributed by atoms with Crippen LogP contribution in [0.4, 0.5) is 26.3 Å². The quantitative estimate of drug-likeness (QED) is 0.164. The monoisotopic (exact) mass is 713 g/mol. The predicted molar refractivity (Wildman–Crippen MR) is 178 cm³/mol. The van der Waals surface area contributed by atoms with Gasteiger partial charge in [-0.15, -0.1) is 0 Å². The van der Waals surface area contributed by atoms with E-state index in [1.807, 2.05) is 4.90 Å². The normalized spacial score (nSPS) is 17.3. The minimum absolute atomic E-state index is 0.0102. The van der Waals surface area contributed by atoms with Gasteiger partial charge in [0.2, 0.25) is 5.91 Å². The van der Waals surface area contributed by atoms with E-state index in [0.717, 1.165) is 45.0 Å². The second kappa shape index (κ2) is 15.0. The summed E-state index contributed by atoms with van der Waals surface area (Å²) in [6.07, 6.45) is -8.19. The van der Waals surface area contributed by atoms with Crippen LogP contribution in [0.15, 0.2) is 78.9 Å². The Labute approximate surface area is 291 Å². The van der Waals surface area contributed by atoms with E-state index >= 15 is 0 Å². The molecule has 0 radical (unpaired) electrons. The van der Waals surface area contributed by atoms with Gasteiger partial charge in [0.1, 0.15) is 0 Å². The number of rotatable bonds is 7. The summed E-state index contributed by atoms with van der Waals surface area (Å²) in [5, 5.41) is 0.476. The third-order valence-corrected chi connectivity index (χ3v) is 9.35. The Bertz CT molecular complexity index is 1860. The number of carbonyl (C=O) groups excluding carboxylic acids is 2. The van der Waals surface area contributed by atoms with E-state index in [9.17, 15) is 35.9 Å². The lowest BCUT2D eigenvalue weighted by Crippen LogP contribution is -2.52. The topological polar surface area (TPSA) is 78.0 Å². The van der Waals surface area contributed by atoms with E-state index in [0.29, 0.717) is 26.3 Å². The van der Waals surface area contributed by atoms with Crippen LogP contribution >= 0.6 is 0 Å². The van der Waals surface area contributed by atoms with E-state index in [-0.39, 0.29) is 56.4 Å². The Kier molecular flexibility index (Phi) is 10.7. The Morgan fingerprint density at radius 3 is 2.22 bits per heavy atom. The maximum absolute atomic E-state index is 15.0. The van der Waals surface area contributed by atoms with Gasteiger partial charge in [0.05, 0.1) is 35.6 Å². The molecule has 6 rings (SSSR count). The molecular formula is C37H37F6N5O3. The van der Waals surface area contributed by atoms with Gasteiger partial charge in [-0.1, -0.05) is 60.7 Å². The Morgan fingerprint density at radius 1 is 0.902 bits per heavy atom. The summed E-state index contributed by atoms with van der Waals surface area (Å²) in [6.45, 7) is 5.02. The molecule has 2 fully saturated rings. The fraction of sp³-hybridized carbons (Fsp3) is 0.378. The second-order valence-electron chi connectivity index (χ2n) is 12.8. The van der Waals surface area contributed by atoms with Crippen molar-refractivity contribution >= 4 is 22.7 Å². The highest BCUT2D eigenvalue weighted by Crippen LogP contribution is 2.41. The average Bonchev–Trinajstić information content (AvgIpc) is 3.11. The number of carbonyl (C=O) groups is 2. The molecule has 1 aromatic heterocycles. The van der Waals surface area contributed by atoms with Crippen molar-refractivity contribution in [2.75, 3.05) is 39.4 Å². The van der Waals surface area contributed by atoms with Gasteiger partial charge < -0.3 is 4.74 Å². The number of piperidine rings is 1. The Hall–Kier alpha value is -4.53. The number of nitrogens with one attached hydrogen (secondary N) is 1. The minimum Gasteiger partial charge on any atom is -0.379 e. The molecule has 0 saturated carbocycles. The molecule has 3 aromatic carbocycles. The maximum atomic E-state index is 15.0. The van der Waals surface area contributed by atoms with Crippen LogP contribution in [0.3, 0.4) is 0 Å². The van der Waals surface area contributed by atoms with E-state index < -0.39 is 35.8 Å². The molecule has 2 amide bonds. The van der Waals surface area contributed by atoms with Gasteiger partial charge >= 0.3 is 12.4 Å². The molecule has 51 heavy (non-hydrogen) atoms. The average molecular weight is 714 g/mol. The number of halogens is 6. The molecule has 1 atom stereocenters. The number of morpholine rings is 1. The van der Waals surface area contributed by atoms with Crippen molar-refractivity contribution in [1.82, 2.24) is 25.2 Å². The van der Waals surface area contributed by atoms with Gasteiger partial charge in [0.25, 0.3) is 5.91 Å². The van der Waals surface area contributed by atoms with Crippen LogP contribution in [-0.2, 0) is 22.3 Å². The molecular weight excluding hydrogens is 676 g/mol. The van der Waals surface area contributed by atoms with Gasteiger partial charge in [-0.25, -0.2) is 9.99 Å². The fourth-order valence-corrected chi connectivity index (χ4v) is 6.98. The van der Waals surface area contributed by atoms with E-state index in [2.05, 4.69) is 10.3 Å². The number of para-hydroxylation sites is 1. The largest absolute Gasteiger partial charge is 0.416 e. The highest BCUT2D eigenvalue weighted by molar-refractivity contribution is 6.09. The summed E-state index contributed by atoms with van der Waals surface area (Å²) in [6, 6.07) is 15.2. The van der Waals surface area contributed by atoms with Crippen molar-refractivity contribution < 1.29 is 40.7 Å². The molecule has 1 N–H and O–H groups in total. The van der Waals surface area contributed by atoms with Gasteiger partial charge in [0.15, 0.2) is 6.04 Å². The van der Waals surface area contributed by atoms with Crippen molar-refractivity contribution in [1.29, 1.82) is 0 Å². The molecule has 0 spiro atoms. The number of benzene rings is 3. The van der Waals surface area contributed by atoms with Gasteiger partial charge in [-0.3, -0.25) is 24.8 Å². The number of hydrazine groups is 1. The molecule has 2 aliphatic heterocycles. The van der Waals surface area contributed by atoms with Crippen molar-refractivity contribution in [3.8, 4) is 11.3 Å². The second-order valence-corrected chi connectivity index (χ2v) is 12.8. The third-order valence-electron chi connectivity index (χ3n) is 9.35. The van der Waals surface area contributed by atoms with Crippen LogP contribution in [0, 0.1) is 0 Å². The van der Waals surface area contributed by atoms with Crippen LogP contribution in [0.2, 0.25) is 0 Å². The SMILES string of the molecule is CC(=O)NN(C(=O)c1c(CN2CCC(N3CCOCC3)CC2)c(-c2cccc(C(F)(F)F)c2)nc2ccccc12)[C@H](c1ccccc1)C(F)(F)F. The summed E-state index contributed by atoms with van der Waals surface area (Å²) in [7, 11) is 0. The van der Waals surface area contributed by atoms with Crippen LogP contribution in [0.1, 0.15) is 52.9 Å². The smallest absolute Gasteiger partial charge is 0.379 e. The zero-order valence-corrected chi connectivity index (χ0v) is 27.8. The highest BCUT2D eigenvalue weighted by Gasteiger charge is 2.48. The molecule has 2 saturated heterocycles. The Morgan fingerprint density at radius 2 is 1.57 bits per heavy atom. The summed E-state index contributed by atoms with van der Waals surface area (Å²) >= 11 is 0. The van der Waals surface area contributed by atoms with E-state index in [4.69, 9.17) is 9.72 Å². The summed E-state index contributed by atoms with van der Waals surface area (Å²) in [5.41, 5.74) is 1.13. The molecule has 270 valence electrons. The lowest BCUT2D eigenvalue weighted by atomic mass is 9.93. The third kappa shape index (κ3) is 8.18. The summed E-state index contributed by atoms with van der Waals surface area (Å²) in [5.74, 6) is -2.10. The molecule has 8 nitrogen and oxygen atoms in total. The minimum atomic E-state index is -5.03. The first kappa shape index (κ1) is 36.3. The molecule has 4 aromatic rings. The zero-order chi connectivity index (χ0) is 36.3. The highest BCUT2D eigenvalue weighted by atomic mass is 19.4. The molecule has 0 unspecified atom stereocenters. The Balaban J connectivity index is 1.52. The number of aromatic nitrogens is 1. The van der Waals surface area contributed by atoms with Crippen molar-refractivity contribution in [3.63, 3.8) is 0 Å². The van der Waals surface area contributed by atoms with Crippen molar-refractivity contribution in [2.45, 2.75) is 50.7 Å². The number of hydrogen-bond donors (Lipinski definition) is 1. The number of pyridine rings is 1. The number of alkyl halides is 6. The summed E-state index contributed by atoms with van der Waals surface area (Å²) < 4.78 is 92.3. The fourth-order valence-electron chi connectivity index (χ4n) is 6.98. The number of nitrogens with zero attached hydrogens (tertiary/aromatic N) is 4. The zero-order valence-electron chi connectivity index (χ0n) is 27.8. The molecule has 0 bridgehead atoms. The number of likely N-dealkylation sites (tertiary alicyclic amines) is 1. The van der Waals surface area contributed by atoms with Crippen molar-refractivity contribution in [3.05, 3.63) is 101 Å². The number of hydrogen-bond acceptors (Lipinski definition) is 6. The van der Waals surface area contributed by atoms with Crippen LogP contribution < -0.4 is 5.43 Å². The molecule has 14 heteroatoms. The first-order valence-corrected chi connectivity index (χ1v) is 16.7. The first-order valence-electron chi connectivity index (χ1n) is 16.7. The van der Waals surface area contributed by atoms with Crippen molar-refractivity contribution in [2.24, 2.45) is 0 Å². The molecule has 0 aliphatic carbocycles. The van der Waals surface area contributed by atoms with E-state index in [1.165, 1.54) is 48.5 Å². The molecule has 3 heterocycles. The summed E-state index contributed by atoms with van der Waals surface area (Å²) in [4.78, 5) is 36.5. The van der Waals surface area contributed by atoms with Crippen LogP contribution in [0.25, 0.3) is 22.2 Å². The van der Waals surface area contributed by atoms with Gasteiger partial charge in [-0.2, -0.15) is 26.3 Å². The predicted octanol–water partition coefficient (Wildman–Crippen LogP) is 7.01. The number of amides is 2. The lowest BCUT2D eigenvalue weighted by molar-refractivity contribution is -0.186. The lowest BCUT2D eigenvalue weighted by Gasteiger charge is -2.40. The van der Waals surface area contributed by atoms with Crippen LogP contribution in [0.5, 0.6) is 0 Å². The van der Waals surface area contributed by atoms with Gasteiger partial charge in [-0.05, 0) is 49.7 Å². The number of fused-ring (bicyclic) bond motifs is 1. The first-order chi connectivity index (χ1) is 24.3.